The highest BCUT2D eigenvalue weighted by atomic mass is 16.6. The van der Waals surface area contributed by atoms with E-state index in [4.69, 9.17) is 10.5 Å². The minimum Gasteiger partial charge on any atom is -0.493 e. The number of aliphatic hydroxyl groups excluding tert-OH is 1. The van der Waals surface area contributed by atoms with E-state index in [9.17, 15) is 20.0 Å². The Bertz CT molecular complexity index is 992. The number of ether oxygens (including phenoxy) is 1. The van der Waals surface area contributed by atoms with Crippen molar-refractivity contribution in [1.82, 2.24) is 0 Å². The summed E-state index contributed by atoms with van der Waals surface area (Å²) < 4.78 is 5.74. The number of amides is 1. The maximum absolute atomic E-state index is 12.2. The van der Waals surface area contributed by atoms with E-state index in [2.05, 4.69) is 17.0 Å². The first-order chi connectivity index (χ1) is 15.8. The molecule has 2 aromatic carbocycles. The van der Waals surface area contributed by atoms with Gasteiger partial charge in [-0.05, 0) is 69.2 Å². The van der Waals surface area contributed by atoms with Gasteiger partial charge in [-0.1, -0.05) is 24.6 Å². The summed E-state index contributed by atoms with van der Waals surface area (Å²) >= 11 is 0. The Balaban J connectivity index is 1.51. The standard InChI is InChI=1S/C25H33N3O5/c1-17-15-20(16-23(28(31)32)24(17)18(2)29)33-14-7-3-4-12-22(25(26)30)27-13-8-10-19-9-5-6-11-21(19)27/h5-6,9,11,15-16,18,22,29H,3-4,7-8,10,12-14H2,1-2H3,(H2,26,30). The minimum absolute atomic E-state index is 0.133. The van der Waals surface area contributed by atoms with E-state index in [0.717, 1.165) is 44.3 Å². The summed E-state index contributed by atoms with van der Waals surface area (Å²) in [5, 5.41) is 21.2. The lowest BCUT2D eigenvalue weighted by atomic mass is 9.97. The number of aliphatic hydroxyl groups is 1. The van der Waals surface area contributed by atoms with Crippen molar-refractivity contribution in [1.29, 1.82) is 0 Å². The van der Waals surface area contributed by atoms with E-state index in [1.165, 1.54) is 18.6 Å². The number of hydrogen-bond acceptors (Lipinski definition) is 6. The zero-order chi connectivity index (χ0) is 24.0. The van der Waals surface area contributed by atoms with E-state index < -0.39 is 11.0 Å². The lowest BCUT2D eigenvalue weighted by molar-refractivity contribution is -0.386. The molecule has 0 saturated heterocycles. The Hall–Kier alpha value is -3.13. The minimum atomic E-state index is -0.926. The van der Waals surface area contributed by atoms with Crippen LogP contribution in [-0.2, 0) is 11.2 Å². The number of hydrogen-bond donors (Lipinski definition) is 2. The Morgan fingerprint density at radius 3 is 2.73 bits per heavy atom. The van der Waals surface area contributed by atoms with Crippen LogP contribution in [0.2, 0.25) is 0 Å². The molecule has 3 N–H and O–H groups in total. The molecule has 1 aliphatic rings. The number of unbranched alkanes of at least 4 members (excludes halogenated alkanes) is 2. The number of rotatable bonds is 11. The van der Waals surface area contributed by atoms with Gasteiger partial charge in [0.2, 0.25) is 5.91 Å². The quantitative estimate of drug-likeness (QED) is 0.298. The predicted molar refractivity (Wildman–Crippen MR) is 128 cm³/mol. The van der Waals surface area contributed by atoms with E-state index in [1.54, 1.807) is 13.0 Å². The highest BCUT2D eigenvalue weighted by molar-refractivity contribution is 5.84. The van der Waals surface area contributed by atoms with Gasteiger partial charge in [0.25, 0.3) is 5.69 Å². The molecule has 8 nitrogen and oxygen atoms in total. The Morgan fingerprint density at radius 2 is 2.03 bits per heavy atom. The van der Waals surface area contributed by atoms with Crippen LogP contribution in [0, 0.1) is 17.0 Å². The van der Waals surface area contributed by atoms with Gasteiger partial charge in [-0.15, -0.1) is 0 Å². The van der Waals surface area contributed by atoms with Gasteiger partial charge in [0, 0.05) is 12.2 Å². The summed E-state index contributed by atoms with van der Waals surface area (Å²) in [6.07, 6.45) is 4.22. The molecule has 0 aromatic heterocycles. The van der Waals surface area contributed by atoms with Crippen molar-refractivity contribution in [3.8, 4) is 5.75 Å². The molecule has 0 spiro atoms. The molecule has 0 saturated carbocycles. The highest BCUT2D eigenvalue weighted by Gasteiger charge is 2.27. The zero-order valence-electron chi connectivity index (χ0n) is 19.3. The zero-order valence-corrected chi connectivity index (χ0v) is 19.3. The Labute approximate surface area is 194 Å². The number of carbonyl (C=O) groups excluding carboxylic acids is 1. The fraction of sp³-hybridized carbons (Fsp3) is 0.480. The number of para-hydroxylation sites is 1. The second-order valence-electron chi connectivity index (χ2n) is 8.65. The molecule has 0 aliphatic carbocycles. The number of primary amides is 1. The number of nitro groups is 1. The molecule has 1 heterocycles. The smallest absolute Gasteiger partial charge is 0.279 e. The molecular weight excluding hydrogens is 422 g/mol. The molecular formula is C25H33N3O5. The molecule has 0 fully saturated rings. The summed E-state index contributed by atoms with van der Waals surface area (Å²) in [5.41, 5.74) is 8.91. The van der Waals surface area contributed by atoms with E-state index in [-0.39, 0.29) is 17.6 Å². The van der Waals surface area contributed by atoms with Gasteiger partial charge < -0.3 is 20.5 Å². The number of nitro benzene ring substituents is 1. The summed E-state index contributed by atoms with van der Waals surface area (Å²) in [5.74, 6) is 0.118. The Kier molecular flexibility index (Phi) is 8.27. The van der Waals surface area contributed by atoms with E-state index in [0.29, 0.717) is 29.9 Å². The van der Waals surface area contributed by atoms with Gasteiger partial charge in [-0.2, -0.15) is 0 Å². The van der Waals surface area contributed by atoms with Gasteiger partial charge in [-0.25, -0.2) is 0 Å². The van der Waals surface area contributed by atoms with Crippen molar-refractivity contribution < 1.29 is 19.6 Å². The third kappa shape index (κ3) is 6.01. The maximum atomic E-state index is 12.2. The first-order valence-electron chi connectivity index (χ1n) is 11.5. The van der Waals surface area contributed by atoms with E-state index in [1.807, 2.05) is 12.1 Å². The van der Waals surface area contributed by atoms with Crippen LogP contribution < -0.4 is 15.4 Å². The topological polar surface area (TPSA) is 119 Å². The molecule has 3 rings (SSSR count). The largest absolute Gasteiger partial charge is 0.493 e. The molecule has 1 amide bonds. The number of fused-ring (bicyclic) bond motifs is 1. The summed E-state index contributed by atoms with van der Waals surface area (Å²) in [6, 6.07) is 10.9. The first-order valence-corrected chi connectivity index (χ1v) is 11.5. The van der Waals surface area contributed by atoms with Crippen LogP contribution in [0.5, 0.6) is 5.75 Å². The SMILES string of the molecule is Cc1cc(OCCCCCC(C(N)=O)N2CCCc3ccccc32)cc([N+](=O)[O-])c1C(C)O. The van der Waals surface area contributed by atoms with Crippen LogP contribution in [0.1, 0.15) is 61.8 Å². The number of carbonyl (C=O) groups is 1. The molecule has 2 atom stereocenters. The van der Waals surface area contributed by atoms with E-state index >= 15 is 0 Å². The second kappa shape index (κ2) is 11.1. The van der Waals surface area contributed by atoms with Crippen LogP contribution in [0.15, 0.2) is 36.4 Å². The molecule has 178 valence electrons. The number of anilines is 1. The van der Waals surface area contributed by atoms with Crippen LogP contribution in [-0.4, -0.2) is 35.1 Å². The van der Waals surface area contributed by atoms with Gasteiger partial charge in [-0.3, -0.25) is 14.9 Å². The summed E-state index contributed by atoms with van der Waals surface area (Å²) in [6.45, 7) is 4.48. The van der Waals surface area contributed by atoms with Crippen LogP contribution in [0.3, 0.4) is 0 Å². The number of benzene rings is 2. The lowest BCUT2D eigenvalue weighted by Gasteiger charge is -2.36. The van der Waals surface area contributed by atoms with Gasteiger partial charge in [0.05, 0.1) is 29.3 Å². The normalized spacial score (nSPS) is 14.9. The monoisotopic (exact) mass is 455 g/mol. The molecule has 8 heteroatoms. The molecule has 0 radical (unpaired) electrons. The third-order valence-corrected chi connectivity index (χ3v) is 6.19. The maximum Gasteiger partial charge on any atom is 0.279 e. The lowest BCUT2D eigenvalue weighted by Crippen LogP contribution is -2.47. The first kappa shape index (κ1) is 24.5. The Morgan fingerprint density at radius 1 is 1.27 bits per heavy atom. The number of nitrogens with zero attached hydrogens (tertiary/aromatic N) is 2. The second-order valence-corrected chi connectivity index (χ2v) is 8.65. The molecule has 1 aliphatic heterocycles. The van der Waals surface area contributed by atoms with Crippen molar-refractivity contribution >= 4 is 17.3 Å². The van der Waals surface area contributed by atoms with Crippen molar-refractivity contribution in [2.75, 3.05) is 18.1 Å². The van der Waals surface area contributed by atoms with Gasteiger partial charge in [0.15, 0.2) is 0 Å². The molecule has 2 unspecified atom stereocenters. The number of aryl methyl sites for hydroxylation is 2. The summed E-state index contributed by atoms with van der Waals surface area (Å²) in [4.78, 5) is 25.2. The fourth-order valence-electron chi connectivity index (χ4n) is 4.67. The molecule has 2 aromatic rings. The van der Waals surface area contributed by atoms with Crippen molar-refractivity contribution in [3.05, 3.63) is 63.2 Å². The van der Waals surface area contributed by atoms with Crippen LogP contribution in [0.4, 0.5) is 11.4 Å². The fourth-order valence-corrected chi connectivity index (χ4v) is 4.67. The van der Waals surface area contributed by atoms with Crippen molar-refractivity contribution in [2.24, 2.45) is 5.73 Å². The number of nitrogens with two attached hydrogens (primary N) is 1. The van der Waals surface area contributed by atoms with Crippen LogP contribution >= 0.6 is 0 Å². The average molecular weight is 456 g/mol. The molecule has 0 bridgehead atoms. The van der Waals surface area contributed by atoms with Gasteiger partial charge >= 0.3 is 0 Å². The molecule has 33 heavy (non-hydrogen) atoms. The van der Waals surface area contributed by atoms with Gasteiger partial charge in [0.1, 0.15) is 11.8 Å². The van der Waals surface area contributed by atoms with Crippen molar-refractivity contribution in [3.63, 3.8) is 0 Å². The van der Waals surface area contributed by atoms with Crippen molar-refractivity contribution in [2.45, 2.75) is 64.5 Å². The highest BCUT2D eigenvalue weighted by Crippen LogP contribution is 2.33. The third-order valence-electron chi connectivity index (χ3n) is 6.19. The van der Waals surface area contributed by atoms with Crippen LogP contribution in [0.25, 0.3) is 0 Å². The summed E-state index contributed by atoms with van der Waals surface area (Å²) in [7, 11) is 0. The average Bonchev–Trinajstić information content (AvgIpc) is 2.77. The predicted octanol–water partition coefficient (Wildman–Crippen LogP) is 4.20.